The van der Waals surface area contributed by atoms with Gasteiger partial charge in [-0.3, -0.25) is 0 Å². The SMILES string of the molecule is [O]=[Tb]([Br])[Br]. The van der Waals surface area contributed by atoms with Gasteiger partial charge in [0.1, 0.15) is 0 Å². The number of hydrogen-bond donors (Lipinski definition) is 0. The Morgan fingerprint density at radius 2 is 1.50 bits per heavy atom. The molecule has 29 valence electrons. The summed E-state index contributed by atoms with van der Waals surface area (Å²) in [5.41, 5.74) is 0. The van der Waals surface area contributed by atoms with Crippen LogP contribution in [0.3, 0.4) is 0 Å². The topological polar surface area (TPSA) is 17.1 Å². The number of rotatable bonds is 0. The van der Waals surface area contributed by atoms with Crippen molar-refractivity contribution < 1.29 is 28.1 Å². The predicted octanol–water partition coefficient (Wildman–Crippen LogP) is 1.57. The van der Waals surface area contributed by atoms with E-state index in [1.54, 1.807) is 0 Å². The fourth-order valence-corrected chi connectivity index (χ4v) is 0. The summed E-state index contributed by atoms with van der Waals surface area (Å²) in [4.78, 5) is 0. The molecular formula is Br2OTb. The van der Waals surface area contributed by atoms with Gasteiger partial charge in [0.15, 0.2) is 0 Å². The molecule has 0 N–H and O–H groups in total. The molecule has 0 aromatic rings. The van der Waals surface area contributed by atoms with Gasteiger partial charge < -0.3 is 0 Å². The van der Waals surface area contributed by atoms with Crippen LogP contribution in [0.25, 0.3) is 0 Å². The second kappa shape index (κ2) is 3.24. The van der Waals surface area contributed by atoms with Crippen LogP contribution in [-0.4, -0.2) is 0 Å². The summed E-state index contributed by atoms with van der Waals surface area (Å²) in [7, 11) is 5.60. The van der Waals surface area contributed by atoms with Gasteiger partial charge in [-0.2, -0.15) is 0 Å². The second-order valence-electron chi connectivity index (χ2n) is 0.150. The Balaban J connectivity index is 2.80. The first-order valence-corrected chi connectivity index (χ1v) is 10.7. The van der Waals surface area contributed by atoms with Crippen molar-refractivity contribution in [3.8, 4) is 0 Å². The van der Waals surface area contributed by atoms with Gasteiger partial charge >= 0.3 is 47.2 Å². The molecule has 0 aliphatic carbocycles. The number of hydrogen-bond acceptors (Lipinski definition) is 1. The zero-order valence-electron chi connectivity index (χ0n) is 1.50. The average Bonchev–Trinajstić information content (AvgIpc) is 0.811. The summed E-state index contributed by atoms with van der Waals surface area (Å²) in [5, 5.41) is 0. The van der Waals surface area contributed by atoms with E-state index in [1.165, 1.54) is 0 Å². The van der Waals surface area contributed by atoms with E-state index in [0.29, 0.717) is 0 Å². The Kier molecular flexibility index (Phi) is 4.90. The molecule has 0 aromatic carbocycles. The molecule has 0 amide bonds. The Bertz CT molecular complexity index is 29.0. The van der Waals surface area contributed by atoms with Crippen LogP contribution in [0.4, 0.5) is 0 Å². The molecule has 0 saturated carbocycles. The van der Waals surface area contributed by atoms with E-state index in [2.05, 4.69) is 19.0 Å². The van der Waals surface area contributed by atoms with E-state index in [1.807, 2.05) is 0 Å². The van der Waals surface area contributed by atoms with Gasteiger partial charge in [-0.1, -0.05) is 0 Å². The van der Waals surface area contributed by atoms with Crippen molar-refractivity contribution in [3.63, 3.8) is 0 Å². The van der Waals surface area contributed by atoms with E-state index < -0.39 is 26.8 Å². The molecule has 0 radical (unpaired) electrons. The molecule has 4 heteroatoms. The van der Waals surface area contributed by atoms with Crippen LogP contribution >= 0.6 is 19.0 Å². The van der Waals surface area contributed by atoms with Crippen LogP contribution in [-0.2, 0) is 1.33 Å². The summed E-state index contributed by atoms with van der Waals surface area (Å²) in [6, 6.07) is 0. The van der Waals surface area contributed by atoms with Crippen molar-refractivity contribution in [2.45, 2.75) is 0 Å². The van der Waals surface area contributed by atoms with Crippen LogP contribution in [0.1, 0.15) is 0 Å². The van der Waals surface area contributed by atoms with Crippen molar-refractivity contribution in [2.75, 3.05) is 0 Å². The molecule has 0 aliphatic rings. The third kappa shape index (κ3) is 8.97. The summed E-state index contributed by atoms with van der Waals surface area (Å²) in [6.07, 6.45) is 0. The summed E-state index contributed by atoms with van der Waals surface area (Å²) in [6.45, 7) is 0. The minimum atomic E-state index is -1.96. The molecule has 0 aromatic heterocycles. The maximum atomic E-state index is 9.53. The van der Waals surface area contributed by atoms with E-state index in [9.17, 15) is 1.33 Å². The Hall–Kier alpha value is 2.05. The van der Waals surface area contributed by atoms with E-state index >= 15 is 0 Å². The zero-order chi connectivity index (χ0) is 3.58. The van der Waals surface area contributed by atoms with Gasteiger partial charge in [-0.05, 0) is 0 Å². The second-order valence-corrected chi connectivity index (χ2v) is 13.5. The van der Waals surface area contributed by atoms with Gasteiger partial charge in [-0.25, -0.2) is 0 Å². The summed E-state index contributed by atoms with van der Waals surface area (Å²) < 4.78 is 9.53. The normalized spacial score (nSPS) is 11.0. The van der Waals surface area contributed by atoms with Crippen molar-refractivity contribution in [2.24, 2.45) is 0 Å². The van der Waals surface area contributed by atoms with Crippen LogP contribution in [0.15, 0.2) is 0 Å². The molecule has 0 rings (SSSR count). The van der Waals surface area contributed by atoms with Crippen molar-refractivity contribution in [1.29, 1.82) is 0 Å². The molecule has 0 unspecified atom stereocenters. The molecular weight excluding hydrogens is 335 g/mol. The van der Waals surface area contributed by atoms with Gasteiger partial charge in [0.05, 0.1) is 0 Å². The van der Waals surface area contributed by atoms with Crippen molar-refractivity contribution in [3.05, 3.63) is 0 Å². The third-order valence-electron chi connectivity index (χ3n) is 0. The monoisotopic (exact) mass is 333 g/mol. The third-order valence-corrected chi connectivity index (χ3v) is 0. The molecule has 1 nitrogen and oxygen atoms in total. The molecule has 4 heavy (non-hydrogen) atoms. The Morgan fingerprint density at radius 3 is 1.50 bits per heavy atom. The molecule has 0 fully saturated rings. The Morgan fingerprint density at radius 1 is 1.50 bits per heavy atom. The van der Waals surface area contributed by atoms with Crippen molar-refractivity contribution >= 4 is 19.0 Å². The minimum absolute atomic E-state index is 1.96. The predicted molar refractivity (Wildman–Crippen MR) is 18.5 cm³/mol. The average molecular weight is 335 g/mol. The molecule has 0 heterocycles. The standard InChI is InChI=1S/2BrH.O.Tb/h2*1H;;/q;;;+2/p-2. The van der Waals surface area contributed by atoms with Gasteiger partial charge in [0, 0.05) is 0 Å². The molecule has 0 atom stereocenters. The zero-order valence-corrected chi connectivity index (χ0v) is 6.81. The molecule has 0 bridgehead atoms. The van der Waals surface area contributed by atoms with E-state index in [4.69, 9.17) is 0 Å². The quantitative estimate of drug-likeness (QED) is 0.657. The first kappa shape index (κ1) is 6.05. The van der Waals surface area contributed by atoms with Gasteiger partial charge in [0.25, 0.3) is 0 Å². The molecule has 0 aliphatic heterocycles. The molecule has 0 saturated heterocycles. The van der Waals surface area contributed by atoms with Crippen LogP contribution in [0, 0.1) is 26.8 Å². The van der Waals surface area contributed by atoms with Gasteiger partial charge in [0.2, 0.25) is 0 Å². The first-order chi connectivity index (χ1) is 1.73. The Labute approximate surface area is 45.9 Å². The van der Waals surface area contributed by atoms with Crippen molar-refractivity contribution in [1.82, 2.24) is 0 Å². The van der Waals surface area contributed by atoms with E-state index in [0.717, 1.165) is 0 Å². The maximum absolute atomic E-state index is 9.53. The van der Waals surface area contributed by atoms with Crippen LogP contribution in [0.5, 0.6) is 0 Å². The summed E-state index contributed by atoms with van der Waals surface area (Å²) in [5.74, 6) is 0. The first-order valence-electron chi connectivity index (χ1n) is 0.388. The number of halogens is 2. The van der Waals surface area contributed by atoms with Crippen LogP contribution in [0.2, 0.25) is 0 Å². The summed E-state index contributed by atoms with van der Waals surface area (Å²) >= 11 is -1.96. The molecule has 0 spiro atoms. The fourth-order valence-electron chi connectivity index (χ4n) is 0. The van der Waals surface area contributed by atoms with E-state index in [-0.39, 0.29) is 0 Å². The fraction of sp³-hybridized carbons (Fsp3) is 0. The van der Waals surface area contributed by atoms with Crippen LogP contribution < -0.4 is 0 Å². The van der Waals surface area contributed by atoms with Gasteiger partial charge in [-0.15, -0.1) is 0 Å².